The zero-order chi connectivity index (χ0) is 17.0. The molecule has 1 saturated heterocycles. The molecule has 1 aromatic rings. The van der Waals surface area contributed by atoms with Gasteiger partial charge in [0.1, 0.15) is 16.9 Å². The molecule has 1 aliphatic rings. The van der Waals surface area contributed by atoms with Crippen molar-refractivity contribution < 1.29 is 14.3 Å². The van der Waals surface area contributed by atoms with Crippen molar-refractivity contribution in [1.29, 1.82) is 0 Å². The van der Waals surface area contributed by atoms with Crippen LogP contribution in [0.4, 0.5) is 4.79 Å². The first-order valence-corrected chi connectivity index (χ1v) is 9.10. The van der Waals surface area contributed by atoms with Gasteiger partial charge in [0.05, 0.1) is 6.54 Å². The van der Waals surface area contributed by atoms with Crippen LogP contribution in [0.15, 0.2) is 11.2 Å². The molecule has 23 heavy (non-hydrogen) atoms. The summed E-state index contributed by atoms with van der Waals surface area (Å²) in [5.74, 6) is 0.436. The van der Waals surface area contributed by atoms with Crippen LogP contribution in [0, 0.1) is 0 Å². The van der Waals surface area contributed by atoms with Gasteiger partial charge in [-0.3, -0.25) is 0 Å². The van der Waals surface area contributed by atoms with Gasteiger partial charge in [0.15, 0.2) is 5.16 Å². The van der Waals surface area contributed by atoms with E-state index >= 15 is 0 Å². The molecule has 0 aromatic carbocycles. The van der Waals surface area contributed by atoms with E-state index in [1.165, 1.54) is 11.8 Å². The minimum atomic E-state index is -0.502. The van der Waals surface area contributed by atoms with Crippen LogP contribution in [0.3, 0.4) is 0 Å². The Morgan fingerprint density at radius 2 is 2.17 bits per heavy atom. The van der Waals surface area contributed by atoms with Gasteiger partial charge in [0.2, 0.25) is 5.88 Å². The van der Waals surface area contributed by atoms with Gasteiger partial charge >= 0.3 is 6.09 Å². The Balaban J connectivity index is 1.99. The molecule has 1 aromatic heterocycles. The molecule has 0 aliphatic carbocycles. The van der Waals surface area contributed by atoms with Crippen molar-refractivity contribution in [3.63, 3.8) is 0 Å². The van der Waals surface area contributed by atoms with E-state index in [1.54, 1.807) is 11.0 Å². The van der Waals surface area contributed by atoms with Gasteiger partial charge in [-0.2, -0.15) is 4.98 Å². The van der Waals surface area contributed by atoms with E-state index in [-0.39, 0.29) is 12.2 Å². The molecule has 1 amide bonds. The van der Waals surface area contributed by atoms with Gasteiger partial charge in [0, 0.05) is 12.6 Å². The molecule has 1 aliphatic heterocycles. The van der Waals surface area contributed by atoms with Crippen molar-refractivity contribution in [2.45, 2.75) is 50.5 Å². The number of ether oxygens (including phenoxy) is 2. The second kappa shape index (κ2) is 7.57. The molecular weight excluding hydrogens is 338 g/mol. The van der Waals surface area contributed by atoms with Crippen LogP contribution >= 0.6 is 23.4 Å². The van der Waals surface area contributed by atoms with Crippen molar-refractivity contribution in [3.05, 3.63) is 11.2 Å². The maximum atomic E-state index is 12.2. The summed E-state index contributed by atoms with van der Waals surface area (Å²) >= 11 is 7.37. The zero-order valence-corrected chi connectivity index (χ0v) is 15.4. The Kier molecular flexibility index (Phi) is 5.97. The van der Waals surface area contributed by atoms with Crippen molar-refractivity contribution in [2.24, 2.45) is 0 Å². The third-order valence-corrected chi connectivity index (χ3v) is 3.89. The molecule has 6 nitrogen and oxygen atoms in total. The lowest BCUT2D eigenvalue weighted by molar-refractivity contribution is 0.00713. The molecule has 0 radical (unpaired) electrons. The minimum absolute atomic E-state index is 0.128. The molecule has 2 heterocycles. The highest BCUT2D eigenvalue weighted by Gasteiger charge is 2.28. The normalized spacial score (nSPS) is 18.7. The number of rotatable bonds is 3. The molecule has 0 N–H and O–H groups in total. The summed E-state index contributed by atoms with van der Waals surface area (Å²) in [7, 11) is 0. The van der Waals surface area contributed by atoms with Gasteiger partial charge in [-0.05, 0) is 39.9 Å². The number of likely N-dealkylation sites (tertiary alicyclic amines) is 1. The SMILES string of the molecule is CSc1nc(Cl)cc(OC2CCCN(C(=O)OC(C)(C)C)C2)n1. The van der Waals surface area contributed by atoms with Gasteiger partial charge in [-0.15, -0.1) is 0 Å². The zero-order valence-electron chi connectivity index (χ0n) is 13.8. The average Bonchev–Trinajstić information content (AvgIpc) is 2.45. The largest absolute Gasteiger partial charge is 0.472 e. The Bertz CT molecular complexity index is 565. The topological polar surface area (TPSA) is 64.5 Å². The quantitative estimate of drug-likeness (QED) is 0.466. The monoisotopic (exact) mass is 359 g/mol. The second-order valence-electron chi connectivity index (χ2n) is 6.32. The van der Waals surface area contributed by atoms with Crippen molar-refractivity contribution in [1.82, 2.24) is 14.9 Å². The highest BCUT2D eigenvalue weighted by atomic mass is 35.5. The van der Waals surface area contributed by atoms with Crippen LogP contribution in [-0.2, 0) is 4.74 Å². The minimum Gasteiger partial charge on any atom is -0.472 e. The van der Waals surface area contributed by atoms with E-state index in [1.807, 2.05) is 27.0 Å². The standard InChI is InChI=1S/C15H22ClN3O3S/c1-15(2,3)22-14(20)19-7-5-6-10(9-19)21-12-8-11(16)17-13(18-12)23-4/h8,10H,5-7,9H2,1-4H3. The summed E-state index contributed by atoms with van der Waals surface area (Å²) in [6.07, 6.45) is 3.15. The van der Waals surface area contributed by atoms with E-state index < -0.39 is 5.60 Å². The highest BCUT2D eigenvalue weighted by Crippen LogP contribution is 2.23. The van der Waals surface area contributed by atoms with Crippen LogP contribution in [0.25, 0.3) is 0 Å². The van der Waals surface area contributed by atoms with E-state index in [0.29, 0.717) is 29.3 Å². The van der Waals surface area contributed by atoms with Crippen molar-refractivity contribution in [3.8, 4) is 5.88 Å². The molecule has 0 spiro atoms. The highest BCUT2D eigenvalue weighted by molar-refractivity contribution is 7.98. The number of nitrogens with zero attached hydrogens (tertiary/aromatic N) is 3. The Hall–Kier alpha value is -1.21. The first kappa shape index (κ1) is 18.1. The molecule has 0 bridgehead atoms. The van der Waals surface area contributed by atoms with E-state index in [9.17, 15) is 4.79 Å². The fourth-order valence-electron chi connectivity index (χ4n) is 2.23. The number of piperidine rings is 1. The molecular formula is C15H22ClN3O3S. The lowest BCUT2D eigenvalue weighted by atomic mass is 10.1. The van der Waals surface area contributed by atoms with Crippen molar-refractivity contribution in [2.75, 3.05) is 19.3 Å². The molecule has 1 atom stereocenters. The first-order chi connectivity index (χ1) is 10.8. The third-order valence-electron chi connectivity index (χ3n) is 3.15. The van der Waals surface area contributed by atoms with Crippen LogP contribution in [-0.4, -0.2) is 52.0 Å². The van der Waals surface area contributed by atoms with Gasteiger partial charge in [0.25, 0.3) is 0 Å². The number of amides is 1. The first-order valence-electron chi connectivity index (χ1n) is 7.50. The van der Waals surface area contributed by atoms with E-state index in [0.717, 1.165) is 12.8 Å². The number of carbonyl (C=O) groups excluding carboxylic acids is 1. The number of hydrogen-bond acceptors (Lipinski definition) is 6. The number of halogens is 1. The smallest absolute Gasteiger partial charge is 0.410 e. The van der Waals surface area contributed by atoms with Crippen LogP contribution in [0.2, 0.25) is 5.15 Å². The van der Waals surface area contributed by atoms with Gasteiger partial charge < -0.3 is 14.4 Å². The third kappa shape index (κ3) is 5.73. The lowest BCUT2D eigenvalue weighted by Crippen LogP contribution is -2.46. The summed E-state index contributed by atoms with van der Waals surface area (Å²) in [6.45, 7) is 6.72. The fraction of sp³-hybridized carbons (Fsp3) is 0.667. The van der Waals surface area contributed by atoms with E-state index in [4.69, 9.17) is 21.1 Å². The Morgan fingerprint density at radius 1 is 1.43 bits per heavy atom. The molecule has 1 unspecified atom stereocenters. The molecule has 1 fully saturated rings. The maximum Gasteiger partial charge on any atom is 0.410 e. The molecule has 2 rings (SSSR count). The van der Waals surface area contributed by atoms with Crippen LogP contribution < -0.4 is 4.74 Å². The number of thioether (sulfide) groups is 1. The second-order valence-corrected chi connectivity index (χ2v) is 7.48. The molecule has 0 saturated carbocycles. The summed E-state index contributed by atoms with van der Waals surface area (Å²) in [6, 6.07) is 1.59. The average molecular weight is 360 g/mol. The maximum absolute atomic E-state index is 12.2. The van der Waals surface area contributed by atoms with Gasteiger partial charge in [-0.25, -0.2) is 9.78 Å². The predicted molar refractivity (Wildman–Crippen MR) is 90.3 cm³/mol. The summed E-state index contributed by atoms with van der Waals surface area (Å²) in [4.78, 5) is 22.2. The number of carbonyl (C=O) groups is 1. The number of aromatic nitrogens is 2. The predicted octanol–water partition coefficient (Wildman–Crippen LogP) is 3.63. The fourth-order valence-corrected chi connectivity index (χ4v) is 2.82. The lowest BCUT2D eigenvalue weighted by Gasteiger charge is -2.33. The molecule has 128 valence electrons. The molecule has 8 heteroatoms. The summed E-state index contributed by atoms with van der Waals surface area (Å²) in [5, 5.41) is 0.909. The van der Waals surface area contributed by atoms with E-state index in [2.05, 4.69) is 9.97 Å². The van der Waals surface area contributed by atoms with Crippen LogP contribution in [0.5, 0.6) is 5.88 Å². The summed E-state index contributed by atoms with van der Waals surface area (Å²) < 4.78 is 11.3. The van der Waals surface area contributed by atoms with Crippen molar-refractivity contribution >= 4 is 29.5 Å². The number of hydrogen-bond donors (Lipinski definition) is 0. The van der Waals surface area contributed by atoms with Gasteiger partial charge in [-0.1, -0.05) is 23.4 Å². The van der Waals surface area contributed by atoms with Crippen LogP contribution in [0.1, 0.15) is 33.6 Å². The summed E-state index contributed by atoms with van der Waals surface area (Å²) in [5.41, 5.74) is -0.502. The Labute approximate surface area is 145 Å². The Morgan fingerprint density at radius 3 is 2.83 bits per heavy atom.